The van der Waals surface area contributed by atoms with E-state index in [1.807, 2.05) is 133 Å². The maximum absolute atomic E-state index is 14.5. The number of hydrogen-bond acceptors (Lipinski definition) is 4. The molecular formula is C56H52N2O4. The smallest absolute Gasteiger partial charge is 0.261 e. The molecule has 8 rings (SSSR count). The summed E-state index contributed by atoms with van der Waals surface area (Å²) in [5, 5.41) is 7.30. The highest BCUT2D eigenvalue weighted by molar-refractivity contribution is 6.23. The minimum absolute atomic E-state index is 0.258. The zero-order valence-electron chi connectivity index (χ0n) is 35.2. The van der Waals surface area contributed by atoms with E-state index in [0.29, 0.717) is 35.3 Å². The van der Waals surface area contributed by atoms with Crippen molar-refractivity contribution in [1.82, 2.24) is 9.80 Å². The third kappa shape index (κ3) is 9.35. The molecule has 0 aliphatic heterocycles. The van der Waals surface area contributed by atoms with Gasteiger partial charge in [0, 0.05) is 24.2 Å². The van der Waals surface area contributed by atoms with Crippen molar-refractivity contribution in [3.8, 4) is 0 Å². The first-order chi connectivity index (χ1) is 30.5. The molecular weight excluding hydrogens is 765 g/mol. The van der Waals surface area contributed by atoms with Crippen molar-refractivity contribution in [2.75, 3.05) is 13.1 Å². The fourth-order valence-electron chi connectivity index (χ4n) is 8.78. The lowest BCUT2D eigenvalue weighted by Gasteiger charge is -2.23. The van der Waals surface area contributed by atoms with Crippen molar-refractivity contribution in [3.05, 3.63) is 192 Å². The minimum atomic E-state index is -0.272. The Labute approximate surface area is 363 Å². The number of imide groups is 2. The molecule has 0 saturated carbocycles. The predicted molar refractivity (Wildman–Crippen MR) is 253 cm³/mol. The second-order valence-electron chi connectivity index (χ2n) is 16.2. The van der Waals surface area contributed by atoms with Crippen LogP contribution in [0.4, 0.5) is 0 Å². The Morgan fingerprint density at radius 2 is 0.548 bits per heavy atom. The number of benzene rings is 8. The van der Waals surface area contributed by atoms with Crippen LogP contribution < -0.4 is 0 Å². The average Bonchev–Trinajstić information content (AvgIpc) is 3.32. The summed E-state index contributed by atoms with van der Waals surface area (Å²) < 4.78 is 0. The van der Waals surface area contributed by atoms with Crippen molar-refractivity contribution in [1.29, 1.82) is 0 Å². The van der Waals surface area contributed by atoms with E-state index in [1.165, 1.54) is 9.80 Å². The number of unbranched alkanes of at least 4 members (excludes halogenated alkanes) is 9. The number of nitrogens with zero attached hydrogens (tertiary/aromatic N) is 2. The van der Waals surface area contributed by atoms with E-state index in [9.17, 15) is 19.2 Å². The van der Waals surface area contributed by atoms with Crippen molar-refractivity contribution in [2.24, 2.45) is 0 Å². The van der Waals surface area contributed by atoms with Gasteiger partial charge in [-0.1, -0.05) is 185 Å². The highest BCUT2D eigenvalue weighted by Crippen LogP contribution is 2.32. The first kappa shape index (κ1) is 41.8. The molecule has 62 heavy (non-hydrogen) atoms. The van der Waals surface area contributed by atoms with Crippen molar-refractivity contribution in [2.45, 2.75) is 64.2 Å². The second-order valence-corrected chi connectivity index (χ2v) is 16.2. The molecule has 0 fully saturated rings. The van der Waals surface area contributed by atoms with Crippen LogP contribution in [0.5, 0.6) is 0 Å². The number of hydrogen-bond donors (Lipinski definition) is 0. The molecule has 4 amide bonds. The molecule has 0 heterocycles. The van der Waals surface area contributed by atoms with Gasteiger partial charge in [-0.25, -0.2) is 0 Å². The topological polar surface area (TPSA) is 74.8 Å². The van der Waals surface area contributed by atoms with E-state index in [0.717, 1.165) is 107 Å². The summed E-state index contributed by atoms with van der Waals surface area (Å²) in [6, 6.07) is 54.0. The largest absolute Gasteiger partial charge is 0.274 e. The fraction of sp³-hybridized carbons (Fsp3) is 0.214. The minimum Gasteiger partial charge on any atom is -0.274 e. The van der Waals surface area contributed by atoms with Crippen LogP contribution in [0, 0.1) is 0 Å². The Morgan fingerprint density at radius 1 is 0.290 bits per heavy atom. The Morgan fingerprint density at radius 3 is 0.855 bits per heavy atom. The van der Waals surface area contributed by atoms with Crippen LogP contribution in [0.2, 0.25) is 0 Å². The van der Waals surface area contributed by atoms with Gasteiger partial charge in [0.2, 0.25) is 0 Å². The van der Waals surface area contributed by atoms with Gasteiger partial charge in [0.25, 0.3) is 23.6 Å². The van der Waals surface area contributed by atoms with E-state index >= 15 is 0 Å². The molecule has 0 aliphatic carbocycles. The van der Waals surface area contributed by atoms with Gasteiger partial charge in [0.15, 0.2) is 0 Å². The molecule has 8 aromatic rings. The molecule has 0 radical (unpaired) electrons. The SMILES string of the molecule is O=C(c1ccccc1)N(CCCCCCCCCCCCN(C(=O)c1ccccc1)C(=O)c1c2ccccc2cc2ccccc12)C(=O)c1c2ccccc2cc2ccccc12. The Balaban J connectivity index is 0.836. The third-order valence-corrected chi connectivity index (χ3v) is 12.0. The van der Waals surface area contributed by atoms with Crippen molar-refractivity contribution < 1.29 is 19.2 Å². The van der Waals surface area contributed by atoms with Gasteiger partial charge in [0.1, 0.15) is 0 Å². The van der Waals surface area contributed by atoms with Crippen molar-refractivity contribution >= 4 is 66.7 Å². The van der Waals surface area contributed by atoms with Gasteiger partial charge in [-0.3, -0.25) is 29.0 Å². The lowest BCUT2D eigenvalue weighted by Crippen LogP contribution is -2.38. The summed E-state index contributed by atoms with van der Waals surface area (Å²) in [6.45, 7) is 0.709. The van der Waals surface area contributed by atoms with Crippen LogP contribution in [0.1, 0.15) is 106 Å². The molecule has 310 valence electrons. The van der Waals surface area contributed by atoms with E-state index in [-0.39, 0.29) is 23.6 Å². The van der Waals surface area contributed by atoms with Gasteiger partial charge in [-0.05, 0) is 92.3 Å². The van der Waals surface area contributed by atoms with Gasteiger partial charge in [0.05, 0.1) is 11.1 Å². The molecule has 0 saturated heterocycles. The first-order valence-corrected chi connectivity index (χ1v) is 22.1. The summed E-state index contributed by atoms with van der Waals surface area (Å²) in [5.74, 6) is -1.06. The number of carbonyl (C=O) groups excluding carboxylic acids is 4. The van der Waals surface area contributed by atoms with E-state index < -0.39 is 0 Å². The third-order valence-electron chi connectivity index (χ3n) is 12.0. The zero-order valence-corrected chi connectivity index (χ0v) is 35.2. The molecule has 0 spiro atoms. The lowest BCUT2D eigenvalue weighted by molar-refractivity contribution is 0.0600. The fourth-order valence-corrected chi connectivity index (χ4v) is 8.78. The van der Waals surface area contributed by atoms with Crippen LogP contribution in [-0.4, -0.2) is 46.5 Å². The maximum atomic E-state index is 14.5. The average molecular weight is 817 g/mol. The van der Waals surface area contributed by atoms with E-state index in [2.05, 4.69) is 12.1 Å². The molecule has 0 bridgehead atoms. The Kier molecular flexibility index (Phi) is 13.5. The molecule has 8 aromatic carbocycles. The molecule has 6 nitrogen and oxygen atoms in total. The monoisotopic (exact) mass is 816 g/mol. The molecule has 6 heteroatoms. The number of amides is 4. The number of fused-ring (bicyclic) bond motifs is 4. The van der Waals surface area contributed by atoms with E-state index in [1.54, 1.807) is 24.3 Å². The van der Waals surface area contributed by atoms with Gasteiger partial charge in [-0.15, -0.1) is 0 Å². The van der Waals surface area contributed by atoms with E-state index in [4.69, 9.17) is 0 Å². The summed E-state index contributed by atoms with van der Waals surface area (Å²) in [4.78, 5) is 59.8. The standard InChI is InChI=1S/C56H52N2O4/c59-53(41-25-11-9-12-26-41)57(55(61)51-47-33-19-15-29-43(47)39-44-30-16-20-34-48(44)51)37-23-7-5-3-1-2-4-6-8-24-38-58(54(60)42-27-13-10-14-28-42)56(62)52-49-35-21-17-31-45(49)40-46-32-18-22-36-50(46)52/h9-22,25-36,39-40H,1-8,23-24,37-38H2. The van der Waals surface area contributed by atoms with Gasteiger partial charge < -0.3 is 0 Å². The zero-order chi connectivity index (χ0) is 42.7. The maximum Gasteiger partial charge on any atom is 0.261 e. The van der Waals surface area contributed by atoms with Crippen LogP contribution in [-0.2, 0) is 0 Å². The predicted octanol–water partition coefficient (Wildman–Crippen LogP) is 13.5. The Bertz CT molecular complexity index is 2550. The van der Waals surface area contributed by atoms with Gasteiger partial charge in [-0.2, -0.15) is 0 Å². The quantitative estimate of drug-likeness (QED) is 0.0521. The normalized spacial score (nSPS) is 11.3. The molecule has 0 unspecified atom stereocenters. The summed E-state index contributed by atoms with van der Waals surface area (Å²) in [5.41, 5.74) is 2.16. The molecule has 0 aliphatic rings. The second kappa shape index (κ2) is 20.1. The first-order valence-electron chi connectivity index (χ1n) is 22.1. The Hall–Kier alpha value is -6.92. The number of carbonyl (C=O) groups is 4. The molecule has 0 aromatic heterocycles. The lowest BCUT2D eigenvalue weighted by atomic mass is 9.95. The summed E-state index contributed by atoms with van der Waals surface area (Å²) >= 11 is 0. The summed E-state index contributed by atoms with van der Waals surface area (Å²) in [7, 11) is 0. The van der Waals surface area contributed by atoms with Crippen LogP contribution in [0.3, 0.4) is 0 Å². The van der Waals surface area contributed by atoms with Crippen LogP contribution >= 0.6 is 0 Å². The molecule has 0 atom stereocenters. The molecule has 0 N–H and O–H groups in total. The summed E-state index contributed by atoms with van der Waals surface area (Å²) in [6.07, 6.45) is 9.76. The number of rotatable bonds is 17. The van der Waals surface area contributed by atoms with Gasteiger partial charge >= 0.3 is 0 Å². The van der Waals surface area contributed by atoms with Crippen molar-refractivity contribution in [3.63, 3.8) is 0 Å². The van der Waals surface area contributed by atoms with Crippen LogP contribution in [0.15, 0.2) is 170 Å². The highest BCUT2D eigenvalue weighted by Gasteiger charge is 2.28. The van der Waals surface area contributed by atoms with Crippen LogP contribution in [0.25, 0.3) is 43.1 Å². The highest BCUT2D eigenvalue weighted by atomic mass is 16.2.